The van der Waals surface area contributed by atoms with Crippen molar-refractivity contribution in [3.8, 4) is 11.6 Å². The van der Waals surface area contributed by atoms with E-state index in [1.54, 1.807) is 42.7 Å². The van der Waals surface area contributed by atoms with Crippen LogP contribution < -0.4 is 14.8 Å². The maximum absolute atomic E-state index is 11.3. The van der Waals surface area contributed by atoms with Crippen molar-refractivity contribution >= 4 is 27.6 Å². The van der Waals surface area contributed by atoms with Gasteiger partial charge < -0.3 is 14.4 Å². The normalized spacial score (nSPS) is 14.3. The average molecular weight is 491 g/mol. The minimum atomic E-state index is -3.60. The van der Waals surface area contributed by atoms with E-state index >= 15 is 0 Å². The van der Waals surface area contributed by atoms with Crippen molar-refractivity contribution in [2.24, 2.45) is 5.14 Å². The molecule has 0 atom stereocenters. The highest BCUT2D eigenvalue weighted by Gasteiger charge is 2.17. The van der Waals surface area contributed by atoms with Crippen LogP contribution in [0.2, 0.25) is 5.02 Å². The first-order chi connectivity index (χ1) is 15.8. The number of benzene rings is 1. The van der Waals surface area contributed by atoms with E-state index in [1.807, 2.05) is 4.90 Å². The molecule has 3 aromatic rings. The first kappa shape index (κ1) is 23.3. The molecule has 10 nitrogen and oxygen atoms in total. The Morgan fingerprint density at radius 3 is 2.42 bits per heavy atom. The number of morpholine rings is 1. The van der Waals surface area contributed by atoms with Crippen LogP contribution in [0.25, 0.3) is 0 Å². The van der Waals surface area contributed by atoms with E-state index in [9.17, 15) is 8.42 Å². The summed E-state index contributed by atoms with van der Waals surface area (Å²) in [6, 6.07) is 8.44. The van der Waals surface area contributed by atoms with Crippen molar-refractivity contribution in [3.63, 3.8) is 0 Å². The van der Waals surface area contributed by atoms with Gasteiger partial charge in [-0.3, -0.25) is 0 Å². The summed E-state index contributed by atoms with van der Waals surface area (Å²) < 4.78 is 34.0. The smallest absolute Gasteiger partial charge is 0.229 e. The summed E-state index contributed by atoms with van der Waals surface area (Å²) >= 11 is 5.86. The molecule has 2 aromatic heterocycles. The molecular weight excluding hydrogens is 468 g/mol. The van der Waals surface area contributed by atoms with E-state index in [2.05, 4.69) is 15.0 Å². The van der Waals surface area contributed by atoms with Crippen molar-refractivity contribution < 1.29 is 17.9 Å². The molecule has 1 saturated heterocycles. The van der Waals surface area contributed by atoms with Crippen LogP contribution in [0.4, 0.5) is 5.95 Å². The Hall–Kier alpha value is -2.86. The zero-order valence-electron chi connectivity index (χ0n) is 17.7. The topological polar surface area (TPSA) is 133 Å². The van der Waals surface area contributed by atoms with E-state index in [0.717, 1.165) is 5.69 Å². The lowest BCUT2D eigenvalue weighted by Crippen LogP contribution is -2.37. The Morgan fingerprint density at radius 2 is 1.76 bits per heavy atom. The van der Waals surface area contributed by atoms with E-state index in [-0.39, 0.29) is 5.75 Å². The number of hydrogen-bond donors (Lipinski definition) is 1. The predicted molar refractivity (Wildman–Crippen MR) is 123 cm³/mol. The Kier molecular flexibility index (Phi) is 7.33. The van der Waals surface area contributed by atoms with Gasteiger partial charge in [0.15, 0.2) is 0 Å². The van der Waals surface area contributed by atoms with Crippen molar-refractivity contribution in [1.29, 1.82) is 0 Å². The zero-order chi connectivity index (χ0) is 23.3. The lowest BCUT2D eigenvalue weighted by Gasteiger charge is -2.27. The highest BCUT2D eigenvalue weighted by Crippen LogP contribution is 2.24. The number of primary sulfonamides is 1. The van der Waals surface area contributed by atoms with E-state index in [0.29, 0.717) is 73.1 Å². The van der Waals surface area contributed by atoms with Crippen LogP contribution in [-0.4, -0.2) is 54.7 Å². The van der Waals surface area contributed by atoms with Crippen LogP contribution in [0.15, 0.2) is 42.7 Å². The molecule has 3 heterocycles. The molecule has 33 heavy (non-hydrogen) atoms. The van der Waals surface area contributed by atoms with Crippen molar-refractivity contribution in [3.05, 3.63) is 64.8 Å². The summed E-state index contributed by atoms with van der Waals surface area (Å²) in [5.74, 6) is 1.90. The van der Waals surface area contributed by atoms with Gasteiger partial charge in [-0.15, -0.1) is 0 Å². The molecule has 0 radical (unpaired) electrons. The van der Waals surface area contributed by atoms with Crippen molar-refractivity contribution in [2.45, 2.75) is 18.6 Å². The molecule has 1 aliphatic rings. The second kappa shape index (κ2) is 10.4. The number of aromatic nitrogens is 4. The van der Waals surface area contributed by atoms with E-state index in [4.69, 9.17) is 31.2 Å². The van der Waals surface area contributed by atoms with Gasteiger partial charge in [0.1, 0.15) is 11.6 Å². The van der Waals surface area contributed by atoms with Crippen LogP contribution >= 0.6 is 11.6 Å². The molecule has 174 valence electrons. The second-order valence-corrected chi connectivity index (χ2v) is 9.52. The van der Waals surface area contributed by atoms with E-state index in [1.165, 1.54) is 0 Å². The van der Waals surface area contributed by atoms with Gasteiger partial charge in [0.2, 0.25) is 21.9 Å². The Bertz CT molecular complexity index is 1190. The number of aryl methyl sites for hydroxylation is 2. The Balaban J connectivity index is 1.53. The summed E-state index contributed by atoms with van der Waals surface area (Å²) in [7, 11) is -3.60. The molecule has 4 rings (SSSR count). The molecule has 12 heteroatoms. The highest BCUT2D eigenvalue weighted by molar-refractivity contribution is 7.88. The first-order valence-corrected chi connectivity index (χ1v) is 12.4. The number of hydrogen-bond acceptors (Lipinski definition) is 9. The number of ether oxygens (including phenoxy) is 2. The number of sulfonamides is 1. The highest BCUT2D eigenvalue weighted by atomic mass is 35.5. The maximum atomic E-state index is 11.3. The SMILES string of the molecule is NS(=O)(=O)Cc1ccc(Oc2cc(CCc3ncc(Cl)cn3)nc(N3CCOCC3)n2)cc1. The number of rotatable bonds is 8. The van der Waals surface area contributed by atoms with Gasteiger partial charge in [-0.2, -0.15) is 4.98 Å². The summed E-state index contributed by atoms with van der Waals surface area (Å²) in [6.45, 7) is 2.58. The standard InChI is InChI=1S/C21H23ClN6O4S/c22-16-12-24-19(25-13-16)6-3-17-11-20(27-21(26-17)28-7-9-31-10-8-28)32-18-4-1-15(2-5-18)14-33(23,29)30/h1-2,4-5,11-13H,3,6-10,14H2,(H2,23,29,30). The molecular formula is C21H23ClN6O4S. The molecule has 1 fully saturated rings. The minimum absolute atomic E-state index is 0.237. The number of halogens is 1. The summed E-state index contributed by atoms with van der Waals surface area (Å²) in [5, 5.41) is 5.59. The van der Waals surface area contributed by atoms with Crippen LogP contribution in [0, 0.1) is 0 Å². The summed E-state index contributed by atoms with van der Waals surface area (Å²) in [4.78, 5) is 19.8. The molecule has 0 aliphatic carbocycles. The number of anilines is 1. The second-order valence-electron chi connectivity index (χ2n) is 7.47. The fourth-order valence-electron chi connectivity index (χ4n) is 3.26. The predicted octanol–water partition coefficient (Wildman–Crippen LogP) is 2.12. The molecule has 0 bridgehead atoms. The average Bonchev–Trinajstić information content (AvgIpc) is 2.79. The van der Waals surface area contributed by atoms with Gasteiger partial charge in [-0.25, -0.2) is 28.5 Å². The van der Waals surface area contributed by atoms with Crippen LogP contribution in [0.1, 0.15) is 17.1 Å². The van der Waals surface area contributed by atoms with Gasteiger partial charge in [-0.05, 0) is 24.1 Å². The largest absolute Gasteiger partial charge is 0.439 e. The molecule has 0 spiro atoms. The van der Waals surface area contributed by atoms with Gasteiger partial charge >= 0.3 is 0 Å². The van der Waals surface area contributed by atoms with Gasteiger partial charge in [0, 0.05) is 38.0 Å². The first-order valence-electron chi connectivity index (χ1n) is 10.3. The maximum Gasteiger partial charge on any atom is 0.229 e. The fraction of sp³-hybridized carbons (Fsp3) is 0.333. The van der Waals surface area contributed by atoms with Crippen molar-refractivity contribution in [1.82, 2.24) is 19.9 Å². The monoisotopic (exact) mass is 490 g/mol. The lowest BCUT2D eigenvalue weighted by molar-refractivity contribution is 0.122. The van der Waals surface area contributed by atoms with Crippen LogP contribution in [0.3, 0.4) is 0 Å². The molecule has 0 unspecified atom stereocenters. The summed E-state index contributed by atoms with van der Waals surface area (Å²) in [6.07, 6.45) is 4.30. The Labute approximate surface area is 196 Å². The third-order valence-corrected chi connectivity index (χ3v) is 5.76. The Morgan fingerprint density at radius 1 is 1.06 bits per heavy atom. The molecule has 2 N–H and O–H groups in total. The quantitative estimate of drug-likeness (QED) is 0.503. The molecule has 0 saturated carbocycles. The van der Waals surface area contributed by atoms with Crippen molar-refractivity contribution in [2.75, 3.05) is 31.2 Å². The lowest BCUT2D eigenvalue weighted by atomic mass is 10.2. The third-order valence-electron chi connectivity index (χ3n) is 4.83. The minimum Gasteiger partial charge on any atom is -0.439 e. The number of nitrogens with zero attached hydrogens (tertiary/aromatic N) is 5. The molecule has 0 amide bonds. The number of nitrogens with two attached hydrogens (primary N) is 1. The summed E-state index contributed by atoms with van der Waals surface area (Å²) in [5.41, 5.74) is 1.36. The van der Waals surface area contributed by atoms with Gasteiger partial charge in [0.25, 0.3) is 0 Å². The molecule has 1 aromatic carbocycles. The van der Waals surface area contributed by atoms with Gasteiger partial charge in [-0.1, -0.05) is 23.7 Å². The van der Waals surface area contributed by atoms with Crippen LogP contribution in [-0.2, 0) is 33.4 Å². The van der Waals surface area contributed by atoms with Gasteiger partial charge in [0.05, 0.1) is 29.7 Å². The molecule has 1 aliphatic heterocycles. The van der Waals surface area contributed by atoms with Crippen LogP contribution in [0.5, 0.6) is 11.6 Å². The fourth-order valence-corrected chi connectivity index (χ4v) is 4.01. The zero-order valence-corrected chi connectivity index (χ0v) is 19.3. The van der Waals surface area contributed by atoms with E-state index < -0.39 is 10.0 Å². The third kappa shape index (κ3) is 7.06.